The second-order valence-electron chi connectivity index (χ2n) is 13.3. The summed E-state index contributed by atoms with van der Waals surface area (Å²) in [6.07, 6.45) is 0. The Morgan fingerprint density at radius 3 is 1.69 bits per heavy atom. The summed E-state index contributed by atoms with van der Waals surface area (Å²) in [7, 11) is 0. The van der Waals surface area contributed by atoms with Gasteiger partial charge in [-0.05, 0) is 76.9 Å². The Hall–Kier alpha value is -5.78. The van der Waals surface area contributed by atoms with Gasteiger partial charge in [0, 0.05) is 71.9 Å². The smallest absolute Gasteiger partial charge is 0.0555 e. The van der Waals surface area contributed by atoms with Crippen LogP contribution in [0.25, 0.3) is 82.8 Å². The van der Waals surface area contributed by atoms with Gasteiger partial charge in [-0.1, -0.05) is 121 Å². The Labute approximate surface area is 312 Å². The van der Waals surface area contributed by atoms with Gasteiger partial charge in [0.15, 0.2) is 0 Å². The highest BCUT2D eigenvalue weighted by Gasteiger charge is 2.23. The number of hydrogen-bond donors (Lipinski definition) is 0. The van der Waals surface area contributed by atoms with E-state index in [0.717, 1.165) is 11.4 Å². The molecule has 0 amide bonds. The van der Waals surface area contributed by atoms with E-state index in [1.54, 1.807) is 0 Å². The third kappa shape index (κ3) is 4.72. The summed E-state index contributed by atoms with van der Waals surface area (Å²) in [5.74, 6) is 0. The Balaban J connectivity index is 1.21. The quantitative estimate of drug-likeness (QED) is 0.171. The minimum absolute atomic E-state index is 1.16. The van der Waals surface area contributed by atoms with Gasteiger partial charge >= 0.3 is 0 Å². The third-order valence-electron chi connectivity index (χ3n) is 10.3. The minimum atomic E-state index is 1.16. The van der Waals surface area contributed by atoms with E-state index in [1.807, 2.05) is 34.0 Å². The van der Waals surface area contributed by atoms with Crippen molar-refractivity contribution in [3.63, 3.8) is 0 Å². The molecule has 0 fully saturated rings. The van der Waals surface area contributed by atoms with Crippen LogP contribution in [0, 0.1) is 0 Å². The molecule has 0 radical (unpaired) electrons. The van der Waals surface area contributed by atoms with Crippen molar-refractivity contribution in [1.82, 2.24) is 0 Å². The van der Waals surface area contributed by atoms with Gasteiger partial charge < -0.3 is 4.90 Å². The molecule has 244 valence electrons. The van der Waals surface area contributed by atoms with Crippen LogP contribution in [0.1, 0.15) is 0 Å². The average Bonchev–Trinajstić information content (AvgIpc) is 3.89. The molecule has 4 heteroatoms. The van der Waals surface area contributed by atoms with Gasteiger partial charge in [0.05, 0.1) is 5.69 Å². The van der Waals surface area contributed by atoms with Crippen LogP contribution in [-0.4, -0.2) is 0 Å². The summed E-state index contributed by atoms with van der Waals surface area (Å²) < 4.78 is 7.84. The molecule has 0 saturated heterocycles. The molecule has 0 unspecified atom stereocenters. The molecule has 0 saturated carbocycles. The van der Waals surface area contributed by atoms with Gasteiger partial charge in [0.25, 0.3) is 0 Å². The van der Waals surface area contributed by atoms with Crippen molar-refractivity contribution in [1.29, 1.82) is 0 Å². The maximum absolute atomic E-state index is 2.50. The number of rotatable bonds is 5. The Kier molecular flexibility index (Phi) is 6.84. The topological polar surface area (TPSA) is 3.24 Å². The molecule has 0 aliphatic carbocycles. The SMILES string of the molecule is c1ccc(-c2ccc3c(c2)sc2c(-c4ccccc4)ccc(N(c4ccc5c(c4)sc4ccccc45)c4ccc5sc6ccccc6c5c4)c23)cc1. The fourth-order valence-corrected chi connectivity index (χ4v) is 11.4. The number of hydrogen-bond acceptors (Lipinski definition) is 4. The average molecular weight is 716 g/mol. The zero-order valence-electron chi connectivity index (χ0n) is 27.9. The minimum Gasteiger partial charge on any atom is -0.310 e. The van der Waals surface area contributed by atoms with Gasteiger partial charge in [0.1, 0.15) is 0 Å². The van der Waals surface area contributed by atoms with Crippen LogP contribution in [0.2, 0.25) is 0 Å². The molecule has 11 aromatic rings. The summed E-state index contributed by atoms with van der Waals surface area (Å²) in [6.45, 7) is 0. The van der Waals surface area contributed by atoms with Crippen LogP contribution in [0.4, 0.5) is 17.1 Å². The normalized spacial score (nSPS) is 11.8. The fourth-order valence-electron chi connectivity index (χ4n) is 7.84. The Morgan fingerprint density at radius 1 is 0.327 bits per heavy atom. The van der Waals surface area contributed by atoms with Gasteiger partial charge in [-0.15, -0.1) is 34.0 Å². The monoisotopic (exact) mass is 715 g/mol. The summed E-state index contributed by atoms with van der Waals surface area (Å²) in [5.41, 5.74) is 8.48. The molecule has 52 heavy (non-hydrogen) atoms. The lowest BCUT2D eigenvalue weighted by Crippen LogP contribution is -2.10. The lowest BCUT2D eigenvalue weighted by Gasteiger charge is -2.27. The van der Waals surface area contributed by atoms with E-state index >= 15 is 0 Å². The molecule has 0 aliphatic rings. The molecule has 3 aromatic heterocycles. The van der Waals surface area contributed by atoms with Crippen LogP contribution in [0.15, 0.2) is 176 Å². The summed E-state index contributed by atoms with van der Waals surface area (Å²) in [6, 6.07) is 64.9. The highest BCUT2D eigenvalue weighted by atomic mass is 32.1. The van der Waals surface area contributed by atoms with E-state index in [2.05, 4.69) is 181 Å². The molecular formula is C48H29NS3. The predicted molar refractivity (Wildman–Crippen MR) is 231 cm³/mol. The van der Waals surface area contributed by atoms with E-state index in [-0.39, 0.29) is 0 Å². The van der Waals surface area contributed by atoms with Crippen molar-refractivity contribution in [2.24, 2.45) is 0 Å². The fraction of sp³-hybridized carbons (Fsp3) is 0. The molecule has 8 aromatic carbocycles. The Morgan fingerprint density at radius 2 is 0.904 bits per heavy atom. The number of anilines is 3. The van der Waals surface area contributed by atoms with Crippen molar-refractivity contribution < 1.29 is 0 Å². The molecule has 0 N–H and O–H groups in total. The standard InChI is InChI=1S/C48H29NS3/c1-3-11-30(12-4-1)32-19-22-39-45(27-32)52-48-35(31-13-5-2-6-14-31)24-25-41(47(39)48)49(33-21-26-44-40(28-33)37-16-8-10-18-43(37)50-44)34-20-23-38-36-15-7-9-17-42(36)51-46(38)29-34/h1-29H. The summed E-state index contributed by atoms with van der Waals surface area (Å²) in [4.78, 5) is 2.50. The largest absolute Gasteiger partial charge is 0.310 e. The highest BCUT2D eigenvalue weighted by Crippen LogP contribution is 2.50. The van der Waals surface area contributed by atoms with Crippen LogP contribution in [0.3, 0.4) is 0 Å². The highest BCUT2D eigenvalue weighted by molar-refractivity contribution is 7.27. The van der Waals surface area contributed by atoms with Gasteiger partial charge in [-0.3, -0.25) is 0 Å². The molecular weight excluding hydrogens is 687 g/mol. The van der Waals surface area contributed by atoms with Gasteiger partial charge in [-0.2, -0.15) is 0 Å². The molecule has 1 nitrogen and oxygen atoms in total. The van der Waals surface area contributed by atoms with Crippen molar-refractivity contribution >= 4 is 112 Å². The van der Waals surface area contributed by atoms with Crippen molar-refractivity contribution in [2.75, 3.05) is 4.90 Å². The van der Waals surface area contributed by atoms with Crippen molar-refractivity contribution in [3.8, 4) is 22.3 Å². The lowest BCUT2D eigenvalue weighted by molar-refractivity contribution is 1.32. The number of benzene rings is 8. The van der Waals surface area contributed by atoms with E-state index in [4.69, 9.17) is 0 Å². The first-order valence-electron chi connectivity index (χ1n) is 17.5. The second-order valence-corrected chi connectivity index (χ2v) is 16.5. The van der Waals surface area contributed by atoms with Crippen LogP contribution in [-0.2, 0) is 0 Å². The van der Waals surface area contributed by atoms with Crippen molar-refractivity contribution in [2.45, 2.75) is 0 Å². The van der Waals surface area contributed by atoms with E-state index in [0.29, 0.717) is 0 Å². The van der Waals surface area contributed by atoms with Crippen LogP contribution in [0.5, 0.6) is 0 Å². The maximum atomic E-state index is 2.50. The van der Waals surface area contributed by atoms with Gasteiger partial charge in [-0.25, -0.2) is 0 Å². The van der Waals surface area contributed by atoms with Gasteiger partial charge in [0.2, 0.25) is 0 Å². The molecule has 0 spiro atoms. The van der Waals surface area contributed by atoms with Crippen molar-refractivity contribution in [3.05, 3.63) is 176 Å². The number of fused-ring (bicyclic) bond motifs is 9. The summed E-state index contributed by atoms with van der Waals surface area (Å²) >= 11 is 5.64. The molecule has 11 rings (SSSR count). The van der Waals surface area contributed by atoms with E-state index < -0.39 is 0 Å². The molecule has 0 atom stereocenters. The second kappa shape index (κ2) is 11.9. The predicted octanol–water partition coefficient (Wildman–Crippen LogP) is 15.6. The first-order valence-corrected chi connectivity index (χ1v) is 19.9. The van der Waals surface area contributed by atoms with E-state index in [9.17, 15) is 0 Å². The maximum Gasteiger partial charge on any atom is 0.0555 e. The zero-order valence-corrected chi connectivity index (χ0v) is 30.4. The lowest BCUT2D eigenvalue weighted by atomic mass is 9.98. The van der Waals surface area contributed by atoms with Crippen LogP contribution < -0.4 is 4.90 Å². The number of nitrogens with zero attached hydrogens (tertiary/aromatic N) is 1. The van der Waals surface area contributed by atoms with E-state index in [1.165, 1.54) is 88.5 Å². The third-order valence-corrected chi connectivity index (χ3v) is 13.7. The number of thiophene rings is 3. The van der Waals surface area contributed by atoms with Crippen LogP contribution >= 0.6 is 34.0 Å². The molecule has 0 aliphatic heterocycles. The Bertz CT molecular complexity index is 3130. The molecule has 3 heterocycles. The zero-order chi connectivity index (χ0) is 34.2. The molecule has 0 bridgehead atoms. The summed E-state index contributed by atoms with van der Waals surface area (Å²) in [5, 5.41) is 7.80. The first kappa shape index (κ1) is 29.9. The first-order chi connectivity index (χ1) is 25.8.